The minimum Gasteiger partial charge on any atom is -0.486 e. The van der Waals surface area contributed by atoms with E-state index in [0.717, 1.165) is 17.3 Å². The van der Waals surface area contributed by atoms with E-state index in [9.17, 15) is 34.8 Å². The normalized spacial score (nSPS) is 27.0. The Labute approximate surface area is 225 Å². The van der Waals surface area contributed by atoms with E-state index in [4.69, 9.17) is 14.2 Å². The highest BCUT2D eigenvalue weighted by Crippen LogP contribution is 2.28. The SMILES string of the molecule is Cn1c(COc2ccc(CC3SC(=O)NC3=O)cc2)nc2ccc(O[C@@H]3O[C@H](C(=O)O)[C@@H](O)[C@H](O)[C@H]3O)cc21. The van der Waals surface area contributed by atoms with Crippen LogP contribution in [-0.2, 0) is 34.4 Å². The van der Waals surface area contributed by atoms with E-state index in [1.54, 1.807) is 41.9 Å². The summed E-state index contributed by atoms with van der Waals surface area (Å²) in [4.78, 5) is 39.0. The molecule has 2 saturated heterocycles. The monoisotopic (exact) mass is 559 g/mol. The minimum absolute atomic E-state index is 0.144. The molecule has 0 radical (unpaired) electrons. The van der Waals surface area contributed by atoms with Gasteiger partial charge >= 0.3 is 5.97 Å². The molecule has 1 unspecified atom stereocenters. The number of carbonyl (C=O) groups excluding carboxylic acids is 2. The number of ether oxygens (including phenoxy) is 3. The maximum Gasteiger partial charge on any atom is 0.335 e. The van der Waals surface area contributed by atoms with Crippen LogP contribution in [0.3, 0.4) is 0 Å². The molecular weight excluding hydrogens is 534 g/mol. The number of hydrogen-bond donors (Lipinski definition) is 5. The summed E-state index contributed by atoms with van der Waals surface area (Å²) in [6, 6.07) is 12.0. The number of imidazole rings is 1. The van der Waals surface area contributed by atoms with E-state index in [1.807, 2.05) is 12.1 Å². The molecule has 3 heterocycles. The lowest BCUT2D eigenvalue weighted by Crippen LogP contribution is -2.61. The first-order valence-electron chi connectivity index (χ1n) is 11.9. The number of amides is 2. The van der Waals surface area contributed by atoms with Gasteiger partial charge in [0.1, 0.15) is 42.2 Å². The summed E-state index contributed by atoms with van der Waals surface area (Å²) >= 11 is 0.981. The summed E-state index contributed by atoms with van der Waals surface area (Å²) < 4.78 is 18.4. The number of nitrogens with one attached hydrogen (secondary N) is 1. The van der Waals surface area contributed by atoms with Gasteiger partial charge in [0.15, 0.2) is 6.10 Å². The van der Waals surface area contributed by atoms with Crippen molar-refractivity contribution in [2.45, 2.75) is 49.0 Å². The minimum atomic E-state index is -1.81. The molecule has 2 amide bonds. The molecule has 13 nitrogen and oxygen atoms in total. The number of rotatable bonds is 8. The number of carboxylic acid groups (broad SMARTS) is 1. The van der Waals surface area contributed by atoms with E-state index in [2.05, 4.69) is 10.3 Å². The number of aliphatic hydroxyl groups is 3. The average molecular weight is 560 g/mol. The molecule has 0 aliphatic carbocycles. The van der Waals surface area contributed by atoms with Crippen molar-refractivity contribution in [3.63, 3.8) is 0 Å². The smallest absolute Gasteiger partial charge is 0.335 e. The molecule has 3 aromatic rings. The third-order valence-electron chi connectivity index (χ3n) is 6.49. The maximum atomic E-state index is 11.8. The second kappa shape index (κ2) is 10.8. The molecule has 2 aromatic carbocycles. The molecular formula is C25H25N3O10S. The lowest BCUT2D eigenvalue weighted by atomic mass is 9.99. The highest BCUT2D eigenvalue weighted by Gasteiger charge is 2.48. The lowest BCUT2D eigenvalue weighted by molar-refractivity contribution is -0.271. The maximum absolute atomic E-state index is 11.8. The topological polar surface area (TPSA) is 190 Å². The third-order valence-corrected chi connectivity index (χ3v) is 7.47. The van der Waals surface area contributed by atoms with Crippen molar-refractivity contribution in [1.82, 2.24) is 14.9 Å². The van der Waals surface area contributed by atoms with E-state index in [1.165, 1.54) is 0 Å². The van der Waals surface area contributed by atoms with Crippen LogP contribution in [0.15, 0.2) is 42.5 Å². The molecule has 2 fully saturated rings. The van der Waals surface area contributed by atoms with Crippen LogP contribution in [0.4, 0.5) is 4.79 Å². The first-order valence-corrected chi connectivity index (χ1v) is 12.8. The Morgan fingerprint density at radius 2 is 1.79 bits per heavy atom. The van der Waals surface area contributed by atoms with Crippen molar-refractivity contribution in [2.75, 3.05) is 0 Å². The fourth-order valence-electron chi connectivity index (χ4n) is 4.32. The molecule has 206 valence electrons. The number of thioether (sulfide) groups is 1. The van der Waals surface area contributed by atoms with Crippen molar-refractivity contribution in [1.29, 1.82) is 0 Å². The number of aliphatic hydroxyl groups excluding tert-OH is 3. The van der Waals surface area contributed by atoms with Gasteiger partial charge in [0.25, 0.3) is 5.24 Å². The Hall–Kier alpha value is -3.69. The van der Waals surface area contributed by atoms with Gasteiger partial charge in [-0.05, 0) is 36.2 Å². The highest BCUT2D eigenvalue weighted by molar-refractivity contribution is 8.15. The van der Waals surface area contributed by atoms with Crippen molar-refractivity contribution in [2.24, 2.45) is 7.05 Å². The fourth-order valence-corrected chi connectivity index (χ4v) is 5.18. The number of aliphatic carboxylic acids is 1. The van der Waals surface area contributed by atoms with Crippen LogP contribution in [-0.4, -0.2) is 83.0 Å². The van der Waals surface area contributed by atoms with Crippen LogP contribution in [0.25, 0.3) is 11.0 Å². The molecule has 0 saturated carbocycles. The Morgan fingerprint density at radius 1 is 1.08 bits per heavy atom. The van der Waals surface area contributed by atoms with Crippen molar-refractivity contribution in [3.05, 3.63) is 53.9 Å². The molecule has 1 aromatic heterocycles. The second-order valence-corrected chi connectivity index (χ2v) is 10.3. The molecule has 2 aliphatic heterocycles. The summed E-state index contributed by atoms with van der Waals surface area (Å²) in [5, 5.41) is 40.8. The quantitative estimate of drug-likeness (QED) is 0.254. The van der Waals surface area contributed by atoms with Crippen molar-refractivity contribution in [3.8, 4) is 11.5 Å². The third kappa shape index (κ3) is 5.55. The fraction of sp³-hybridized carbons (Fsp3) is 0.360. The Kier molecular flexibility index (Phi) is 7.46. The Morgan fingerprint density at radius 3 is 2.46 bits per heavy atom. The predicted octanol–water partition coefficient (Wildman–Crippen LogP) is 0.317. The van der Waals surface area contributed by atoms with Gasteiger partial charge in [-0.15, -0.1) is 0 Å². The van der Waals surface area contributed by atoms with Crippen LogP contribution in [0.2, 0.25) is 0 Å². The summed E-state index contributed by atoms with van der Waals surface area (Å²) in [5.74, 6) is -0.376. The number of aromatic nitrogens is 2. The zero-order valence-electron chi connectivity index (χ0n) is 20.5. The molecule has 5 N–H and O–H groups in total. The van der Waals surface area contributed by atoms with Gasteiger partial charge in [-0.1, -0.05) is 23.9 Å². The van der Waals surface area contributed by atoms with Crippen LogP contribution in [0.5, 0.6) is 11.5 Å². The number of carbonyl (C=O) groups is 3. The van der Waals surface area contributed by atoms with Gasteiger partial charge in [0.05, 0.1) is 16.3 Å². The van der Waals surface area contributed by atoms with Gasteiger partial charge < -0.3 is 39.2 Å². The molecule has 5 rings (SSSR count). The molecule has 14 heteroatoms. The van der Waals surface area contributed by atoms with Gasteiger partial charge in [-0.2, -0.15) is 0 Å². The van der Waals surface area contributed by atoms with E-state index in [-0.39, 0.29) is 23.5 Å². The number of benzene rings is 2. The number of hydrogen-bond acceptors (Lipinski definition) is 11. The number of nitrogens with zero attached hydrogens (tertiary/aromatic N) is 2. The number of carboxylic acids is 1. The number of fused-ring (bicyclic) bond motifs is 1. The largest absolute Gasteiger partial charge is 0.486 e. The van der Waals surface area contributed by atoms with E-state index < -0.39 is 41.9 Å². The summed E-state index contributed by atoms with van der Waals surface area (Å²) in [5.41, 5.74) is 2.18. The summed E-state index contributed by atoms with van der Waals surface area (Å²) in [6.07, 6.45) is -8.12. The Balaban J connectivity index is 1.23. The van der Waals surface area contributed by atoms with Crippen LogP contribution in [0, 0.1) is 0 Å². The predicted molar refractivity (Wildman–Crippen MR) is 135 cm³/mol. The summed E-state index contributed by atoms with van der Waals surface area (Å²) in [7, 11) is 1.78. The second-order valence-electron chi connectivity index (χ2n) is 9.11. The zero-order chi connectivity index (χ0) is 27.8. The zero-order valence-corrected chi connectivity index (χ0v) is 21.3. The molecule has 0 bridgehead atoms. The van der Waals surface area contributed by atoms with Gasteiger partial charge in [0, 0.05) is 13.1 Å². The van der Waals surface area contributed by atoms with Crippen LogP contribution >= 0.6 is 11.8 Å². The molecule has 6 atom stereocenters. The van der Waals surface area contributed by atoms with Gasteiger partial charge in [0.2, 0.25) is 12.2 Å². The number of imide groups is 1. The lowest BCUT2D eigenvalue weighted by Gasteiger charge is -2.38. The van der Waals surface area contributed by atoms with Crippen molar-refractivity contribution < 1.29 is 49.0 Å². The first kappa shape index (κ1) is 26.9. The van der Waals surface area contributed by atoms with Gasteiger partial charge in [-0.3, -0.25) is 14.9 Å². The molecule has 0 spiro atoms. The number of aryl methyl sites for hydroxylation is 1. The highest BCUT2D eigenvalue weighted by atomic mass is 32.2. The van der Waals surface area contributed by atoms with Crippen LogP contribution < -0.4 is 14.8 Å². The van der Waals surface area contributed by atoms with Crippen LogP contribution in [0.1, 0.15) is 11.4 Å². The van der Waals surface area contributed by atoms with Gasteiger partial charge in [-0.25, -0.2) is 9.78 Å². The Bertz CT molecular complexity index is 1410. The average Bonchev–Trinajstić information content (AvgIpc) is 3.40. The molecule has 2 aliphatic rings. The summed E-state index contributed by atoms with van der Waals surface area (Å²) in [6.45, 7) is 0.144. The standard InChI is InChI=1S/C25H25N3O10S/c1-28-15-9-13(37-24-20(31)18(29)19(30)21(38-24)23(33)34)6-7-14(15)26-17(28)10-36-12-4-2-11(3-5-12)8-16-22(32)27-25(35)39-16/h2-7,9,16,18-21,24,29-31H,8,10H2,1H3,(H,33,34)(H,27,32,35)/t16?,18-,19-,20+,21-,24+/m0/s1. The van der Waals surface area contributed by atoms with Crippen molar-refractivity contribution >= 4 is 39.9 Å². The van der Waals surface area contributed by atoms with E-state index in [0.29, 0.717) is 29.0 Å². The van der Waals surface area contributed by atoms with E-state index >= 15 is 0 Å². The molecule has 39 heavy (non-hydrogen) atoms. The first-order chi connectivity index (χ1) is 18.6.